The Hall–Kier alpha value is -0.0400. The van der Waals surface area contributed by atoms with Gasteiger partial charge >= 0.3 is 0 Å². The lowest BCUT2D eigenvalue weighted by Crippen LogP contribution is -2.02. The van der Waals surface area contributed by atoms with Crippen molar-refractivity contribution >= 4 is 0 Å². The molecule has 0 aliphatic carbocycles. The maximum atomic E-state index is 5.32. The molecule has 0 aromatic rings. The molecule has 4 radical (unpaired) electrons. The largest absolute Gasteiger partial charge is 0.374 e. The zero-order valence-electron chi connectivity index (χ0n) is 4.13. The Morgan fingerprint density at radius 2 is 1.57 bits per heavy atom. The van der Waals surface area contributed by atoms with Crippen molar-refractivity contribution in [2.75, 3.05) is 0 Å². The SMILES string of the molecule is [CH][C@H]1CC[C@H]([CH])O1. The van der Waals surface area contributed by atoms with Crippen LogP contribution in [0.5, 0.6) is 0 Å². The minimum absolute atomic E-state index is 0.102. The lowest BCUT2D eigenvalue weighted by molar-refractivity contribution is 0.0973. The maximum Gasteiger partial charge on any atom is 0.0615 e. The van der Waals surface area contributed by atoms with Gasteiger partial charge in [-0.3, -0.25) is 0 Å². The minimum atomic E-state index is -0.102. The van der Waals surface area contributed by atoms with Gasteiger partial charge in [0, 0.05) is 0 Å². The molecule has 0 unspecified atom stereocenters. The van der Waals surface area contributed by atoms with Crippen LogP contribution >= 0.6 is 0 Å². The summed E-state index contributed by atoms with van der Waals surface area (Å²) in [7, 11) is 0. The molecule has 1 aliphatic heterocycles. The fourth-order valence-corrected chi connectivity index (χ4v) is 0.689. The summed E-state index contributed by atoms with van der Waals surface area (Å²) >= 11 is 0. The van der Waals surface area contributed by atoms with Crippen molar-refractivity contribution in [3.63, 3.8) is 0 Å². The van der Waals surface area contributed by atoms with Crippen molar-refractivity contribution in [3.8, 4) is 0 Å². The van der Waals surface area contributed by atoms with Gasteiger partial charge in [-0.05, 0) is 26.7 Å². The fourth-order valence-electron chi connectivity index (χ4n) is 0.689. The monoisotopic (exact) mass is 96.1 g/mol. The van der Waals surface area contributed by atoms with E-state index >= 15 is 0 Å². The Bertz CT molecular complexity index is 53.2. The van der Waals surface area contributed by atoms with E-state index in [0.717, 1.165) is 12.8 Å². The summed E-state index contributed by atoms with van der Waals surface area (Å²) in [5.41, 5.74) is 0. The van der Waals surface area contributed by atoms with Gasteiger partial charge in [-0.2, -0.15) is 0 Å². The smallest absolute Gasteiger partial charge is 0.0615 e. The van der Waals surface area contributed by atoms with Crippen LogP contribution in [0, 0.1) is 13.8 Å². The van der Waals surface area contributed by atoms with Gasteiger partial charge in [-0.1, -0.05) is 0 Å². The van der Waals surface area contributed by atoms with Crippen LogP contribution in [0.15, 0.2) is 0 Å². The Labute approximate surface area is 44.7 Å². The molecule has 0 spiro atoms. The van der Waals surface area contributed by atoms with Gasteiger partial charge < -0.3 is 4.74 Å². The number of rotatable bonds is 0. The highest BCUT2D eigenvalue weighted by Gasteiger charge is 2.16. The summed E-state index contributed by atoms with van der Waals surface area (Å²) in [5.74, 6) is 0. The third-order valence-corrected chi connectivity index (χ3v) is 1.09. The lowest BCUT2D eigenvalue weighted by Gasteiger charge is -2.00. The van der Waals surface area contributed by atoms with Gasteiger partial charge in [0.25, 0.3) is 0 Å². The van der Waals surface area contributed by atoms with E-state index in [0.29, 0.717) is 0 Å². The van der Waals surface area contributed by atoms with E-state index in [1.807, 2.05) is 0 Å². The summed E-state index contributed by atoms with van der Waals surface area (Å²) in [5, 5.41) is 0. The van der Waals surface area contributed by atoms with Gasteiger partial charge in [-0.25, -0.2) is 0 Å². The molecule has 1 aliphatic rings. The first kappa shape index (κ1) is 5.10. The van der Waals surface area contributed by atoms with Gasteiger partial charge in [0.2, 0.25) is 0 Å². The minimum Gasteiger partial charge on any atom is -0.374 e. The van der Waals surface area contributed by atoms with E-state index in [2.05, 4.69) is 0 Å². The second-order valence-electron chi connectivity index (χ2n) is 1.79. The fraction of sp³-hybridized carbons (Fsp3) is 0.667. The number of hydrogen-bond acceptors (Lipinski definition) is 1. The molecule has 1 fully saturated rings. The summed E-state index contributed by atoms with van der Waals surface area (Å²) < 4.78 is 4.92. The van der Waals surface area contributed by atoms with Crippen molar-refractivity contribution in [2.24, 2.45) is 0 Å². The Kier molecular flexibility index (Phi) is 1.33. The van der Waals surface area contributed by atoms with Crippen LogP contribution in [0.25, 0.3) is 0 Å². The first-order valence-electron chi connectivity index (χ1n) is 2.45. The van der Waals surface area contributed by atoms with Crippen molar-refractivity contribution < 1.29 is 4.74 Å². The van der Waals surface area contributed by atoms with E-state index in [1.54, 1.807) is 0 Å². The third-order valence-electron chi connectivity index (χ3n) is 1.09. The molecule has 1 nitrogen and oxygen atoms in total. The molecule has 1 heteroatoms. The second-order valence-corrected chi connectivity index (χ2v) is 1.79. The lowest BCUT2D eigenvalue weighted by atomic mass is 10.2. The molecular weight excluding hydrogens is 88.1 g/mol. The number of hydrogen-bond donors (Lipinski definition) is 0. The summed E-state index contributed by atoms with van der Waals surface area (Å²) in [6.45, 7) is 10.6. The van der Waals surface area contributed by atoms with Crippen molar-refractivity contribution in [1.82, 2.24) is 0 Å². The van der Waals surface area contributed by atoms with E-state index < -0.39 is 0 Å². The Balaban J connectivity index is 2.26. The van der Waals surface area contributed by atoms with E-state index in [-0.39, 0.29) is 12.2 Å². The van der Waals surface area contributed by atoms with Gasteiger partial charge in [-0.15, -0.1) is 0 Å². The maximum absolute atomic E-state index is 5.32. The molecule has 0 saturated carbocycles. The van der Waals surface area contributed by atoms with Crippen LogP contribution < -0.4 is 0 Å². The molecule has 38 valence electrons. The van der Waals surface area contributed by atoms with Crippen LogP contribution in [0.4, 0.5) is 0 Å². The zero-order chi connectivity index (χ0) is 5.28. The van der Waals surface area contributed by atoms with Crippen LogP contribution in [0.1, 0.15) is 12.8 Å². The molecular formula is C6H8O. The third kappa shape index (κ3) is 1.16. The molecule has 0 N–H and O–H groups in total. The standard InChI is InChI=1S/C6H8O/c1-5-3-4-6(2)7-5/h1-2,5-6H,3-4H2/t5-,6-/m0/s1. The highest BCUT2D eigenvalue weighted by molar-refractivity contribution is 4.75. The van der Waals surface area contributed by atoms with Crippen LogP contribution in [0.3, 0.4) is 0 Å². The predicted molar refractivity (Wildman–Crippen MR) is 26.5 cm³/mol. The van der Waals surface area contributed by atoms with Gasteiger partial charge in [0.15, 0.2) is 0 Å². The molecule has 0 aromatic heterocycles. The van der Waals surface area contributed by atoms with Gasteiger partial charge in [0.05, 0.1) is 12.2 Å². The average molecular weight is 96.1 g/mol. The van der Waals surface area contributed by atoms with Crippen LogP contribution in [0.2, 0.25) is 0 Å². The summed E-state index contributed by atoms with van der Waals surface area (Å²) in [4.78, 5) is 0. The predicted octanol–water partition coefficient (Wildman–Crippen LogP) is 0.956. The zero-order valence-corrected chi connectivity index (χ0v) is 4.13. The first-order valence-corrected chi connectivity index (χ1v) is 2.45. The van der Waals surface area contributed by atoms with Crippen molar-refractivity contribution in [3.05, 3.63) is 13.8 Å². The molecule has 7 heavy (non-hydrogen) atoms. The highest BCUT2D eigenvalue weighted by Crippen LogP contribution is 2.16. The van der Waals surface area contributed by atoms with Crippen LogP contribution in [-0.2, 0) is 4.74 Å². The van der Waals surface area contributed by atoms with Crippen molar-refractivity contribution in [1.29, 1.82) is 0 Å². The number of ether oxygens (including phenoxy) is 1. The Morgan fingerprint density at radius 3 is 1.71 bits per heavy atom. The molecule has 0 bridgehead atoms. The highest BCUT2D eigenvalue weighted by atomic mass is 16.5. The normalized spacial score (nSPS) is 42.0. The molecule has 0 aromatic carbocycles. The van der Waals surface area contributed by atoms with E-state index in [9.17, 15) is 0 Å². The molecule has 1 rings (SSSR count). The van der Waals surface area contributed by atoms with E-state index in [1.165, 1.54) is 0 Å². The summed E-state index contributed by atoms with van der Waals surface area (Å²) in [6, 6.07) is 0. The molecule has 0 amide bonds. The molecule has 2 atom stereocenters. The van der Waals surface area contributed by atoms with E-state index in [4.69, 9.17) is 18.6 Å². The quantitative estimate of drug-likeness (QED) is 0.436. The summed E-state index contributed by atoms with van der Waals surface area (Å²) in [6.07, 6.45) is 1.60. The molecule has 1 heterocycles. The Morgan fingerprint density at radius 1 is 1.14 bits per heavy atom. The first-order chi connectivity index (χ1) is 3.29. The topological polar surface area (TPSA) is 9.23 Å². The molecule has 1 saturated heterocycles. The van der Waals surface area contributed by atoms with Crippen LogP contribution in [-0.4, -0.2) is 12.2 Å². The van der Waals surface area contributed by atoms with Crippen molar-refractivity contribution in [2.45, 2.75) is 25.0 Å². The average Bonchev–Trinajstić information content (AvgIpc) is 1.87. The second kappa shape index (κ2) is 1.83. The van der Waals surface area contributed by atoms with Gasteiger partial charge in [0.1, 0.15) is 0 Å².